The summed E-state index contributed by atoms with van der Waals surface area (Å²) < 4.78 is 1.55. The first-order chi connectivity index (χ1) is 8.24. The second kappa shape index (κ2) is 3.44. The van der Waals surface area contributed by atoms with Crippen LogP contribution in [0.4, 0.5) is 0 Å². The van der Waals surface area contributed by atoms with Crippen LogP contribution in [-0.2, 0) is 0 Å². The zero-order valence-electron chi connectivity index (χ0n) is 8.68. The molecule has 0 atom stereocenters. The Morgan fingerprint density at radius 1 is 1.06 bits per heavy atom. The van der Waals surface area contributed by atoms with Gasteiger partial charge in [0.15, 0.2) is 5.65 Å². The van der Waals surface area contributed by atoms with E-state index in [1.54, 1.807) is 10.9 Å². The Balaban J connectivity index is 2.31. The lowest BCUT2D eigenvalue weighted by atomic mass is 10.3. The van der Waals surface area contributed by atoms with Crippen LogP contribution >= 0.6 is 0 Å². The fourth-order valence-electron chi connectivity index (χ4n) is 1.65. The lowest BCUT2D eigenvalue weighted by molar-refractivity contribution is 0.887. The number of fused-ring (bicyclic) bond motifs is 1. The first kappa shape index (κ1) is 9.59. The first-order valence-corrected chi connectivity index (χ1v) is 5.01. The van der Waals surface area contributed by atoms with Gasteiger partial charge in [0.05, 0.1) is 5.69 Å². The Labute approximate surface area is 94.5 Å². The molecule has 0 saturated heterocycles. The highest BCUT2D eigenvalue weighted by atomic mass is 16.2. The standard InChI is InChI=1S/C11H8N4O2/c16-10-8-6-15(7-4-2-1-3-5-7)14-9(8)12-11(17)13-10/h1-6H,(H2,12,13,14,16,17). The lowest BCUT2D eigenvalue weighted by Gasteiger charge is -1.97. The monoisotopic (exact) mass is 228 g/mol. The van der Waals surface area contributed by atoms with Crippen molar-refractivity contribution in [2.75, 3.05) is 0 Å². The third-order valence-corrected chi connectivity index (χ3v) is 2.44. The molecule has 0 amide bonds. The second-order valence-electron chi connectivity index (χ2n) is 3.58. The number of nitrogens with one attached hydrogen (secondary N) is 2. The maximum Gasteiger partial charge on any atom is 0.327 e. The molecule has 3 aromatic rings. The summed E-state index contributed by atoms with van der Waals surface area (Å²) in [6, 6.07) is 9.35. The van der Waals surface area contributed by atoms with E-state index in [0.717, 1.165) is 5.69 Å². The van der Waals surface area contributed by atoms with Crippen LogP contribution in [0.1, 0.15) is 0 Å². The third-order valence-electron chi connectivity index (χ3n) is 2.44. The van der Waals surface area contributed by atoms with Gasteiger partial charge in [-0.2, -0.15) is 0 Å². The predicted molar refractivity (Wildman–Crippen MR) is 62.3 cm³/mol. The number of aromatic amines is 2. The van der Waals surface area contributed by atoms with Crippen LogP contribution in [-0.4, -0.2) is 19.7 Å². The smallest absolute Gasteiger partial charge is 0.290 e. The average molecular weight is 228 g/mol. The zero-order valence-corrected chi connectivity index (χ0v) is 8.68. The van der Waals surface area contributed by atoms with Crippen LogP contribution in [0.5, 0.6) is 0 Å². The second-order valence-corrected chi connectivity index (χ2v) is 3.58. The Hall–Kier alpha value is -2.63. The zero-order chi connectivity index (χ0) is 11.8. The number of H-pyrrole nitrogens is 2. The van der Waals surface area contributed by atoms with Crippen LogP contribution in [0.3, 0.4) is 0 Å². The number of benzene rings is 1. The van der Waals surface area contributed by atoms with E-state index in [9.17, 15) is 9.59 Å². The van der Waals surface area contributed by atoms with Gasteiger partial charge in [-0.1, -0.05) is 18.2 Å². The van der Waals surface area contributed by atoms with Crippen molar-refractivity contribution >= 4 is 11.0 Å². The van der Waals surface area contributed by atoms with Gasteiger partial charge < -0.3 is 0 Å². The van der Waals surface area contributed by atoms with Crippen LogP contribution in [0, 0.1) is 0 Å². The number of para-hydroxylation sites is 1. The van der Waals surface area contributed by atoms with E-state index in [0.29, 0.717) is 5.39 Å². The summed E-state index contributed by atoms with van der Waals surface area (Å²) in [6.45, 7) is 0. The molecule has 17 heavy (non-hydrogen) atoms. The van der Waals surface area contributed by atoms with Gasteiger partial charge in [-0.3, -0.25) is 14.8 Å². The van der Waals surface area contributed by atoms with Crippen molar-refractivity contribution in [3.8, 4) is 5.69 Å². The highest BCUT2D eigenvalue weighted by Crippen LogP contribution is 2.09. The molecule has 6 nitrogen and oxygen atoms in total. The van der Waals surface area contributed by atoms with Gasteiger partial charge in [0.1, 0.15) is 5.39 Å². The molecule has 0 unspecified atom stereocenters. The van der Waals surface area contributed by atoms with Gasteiger partial charge in [-0.15, -0.1) is 5.10 Å². The molecule has 0 bridgehead atoms. The average Bonchev–Trinajstić information content (AvgIpc) is 2.74. The number of hydrogen-bond acceptors (Lipinski definition) is 3. The molecule has 2 aromatic heterocycles. The number of rotatable bonds is 1. The first-order valence-electron chi connectivity index (χ1n) is 5.01. The Morgan fingerprint density at radius 2 is 1.82 bits per heavy atom. The van der Waals surface area contributed by atoms with E-state index >= 15 is 0 Å². The summed E-state index contributed by atoms with van der Waals surface area (Å²) in [7, 11) is 0. The van der Waals surface area contributed by atoms with E-state index in [-0.39, 0.29) is 5.65 Å². The van der Waals surface area contributed by atoms with Crippen molar-refractivity contribution in [1.29, 1.82) is 0 Å². The maximum absolute atomic E-state index is 11.5. The molecular formula is C11H8N4O2. The Morgan fingerprint density at radius 3 is 2.59 bits per heavy atom. The van der Waals surface area contributed by atoms with Crippen LogP contribution < -0.4 is 11.2 Å². The van der Waals surface area contributed by atoms with Gasteiger partial charge >= 0.3 is 5.69 Å². The van der Waals surface area contributed by atoms with Crippen molar-refractivity contribution < 1.29 is 0 Å². The minimum Gasteiger partial charge on any atom is -0.290 e. The van der Waals surface area contributed by atoms with Gasteiger partial charge in [-0.25, -0.2) is 9.48 Å². The minimum absolute atomic E-state index is 0.280. The molecule has 2 N–H and O–H groups in total. The highest BCUT2D eigenvalue weighted by molar-refractivity contribution is 5.72. The summed E-state index contributed by atoms with van der Waals surface area (Å²) in [5.74, 6) is 0. The molecule has 0 aliphatic carbocycles. The quantitative estimate of drug-likeness (QED) is 0.632. The Bertz CT molecular complexity index is 782. The van der Waals surface area contributed by atoms with E-state index in [2.05, 4.69) is 15.1 Å². The summed E-state index contributed by atoms with van der Waals surface area (Å²) in [5.41, 5.74) is 0.110. The summed E-state index contributed by atoms with van der Waals surface area (Å²) >= 11 is 0. The van der Waals surface area contributed by atoms with Crippen molar-refractivity contribution in [2.45, 2.75) is 0 Å². The molecular weight excluding hydrogens is 220 g/mol. The predicted octanol–water partition coefficient (Wildman–Crippen LogP) is 0.402. The van der Waals surface area contributed by atoms with E-state index < -0.39 is 11.2 Å². The topological polar surface area (TPSA) is 83.5 Å². The van der Waals surface area contributed by atoms with Crippen LogP contribution in [0.15, 0.2) is 46.1 Å². The van der Waals surface area contributed by atoms with Gasteiger partial charge in [0.25, 0.3) is 5.56 Å². The van der Waals surface area contributed by atoms with Gasteiger partial charge in [-0.05, 0) is 12.1 Å². The molecule has 0 spiro atoms. The van der Waals surface area contributed by atoms with Gasteiger partial charge in [0, 0.05) is 6.20 Å². The fourth-order valence-corrected chi connectivity index (χ4v) is 1.65. The maximum atomic E-state index is 11.5. The molecule has 0 radical (unpaired) electrons. The largest absolute Gasteiger partial charge is 0.327 e. The van der Waals surface area contributed by atoms with E-state index in [1.165, 1.54) is 0 Å². The number of nitrogens with zero attached hydrogens (tertiary/aromatic N) is 2. The normalized spacial score (nSPS) is 10.8. The van der Waals surface area contributed by atoms with E-state index in [1.807, 2.05) is 30.3 Å². The molecule has 1 aromatic carbocycles. The molecule has 0 aliphatic heterocycles. The molecule has 3 rings (SSSR count). The number of hydrogen-bond donors (Lipinski definition) is 2. The molecule has 0 saturated carbocycles. The van der Waals surface area contributed by atoms with Crippen LogP contribution in [0.2, 0.25) is 0 Å². The molecule has 0 aliphatic rings. The van der Waals surface area contributed by atoms with Gasteiger partial charge in [0.2, 0.25) is 0 Å². The van der Waals surface area contributed by atoms with Crippen molar-refractivity contribution in [2.24, 2.45) is 0 Å². The highest BCUT2D eigenvalue weighted by Gasteiger charge is 2.06. The molecule has 84 valence electrons. The summed E-state index contributed by atoms with van der Waals surface area (Å²) in [5, 5.41) is 4.50. The molecule has 2 heterocycles. The molecule has 6 heteroatoms. The van der Waals surface area contributed by atoms with Crippen molar-refractivity contribution in [1.82, 2.24) is 19.7 Å². The number of aromatic nitrogens is 4. The summed E-state index contributed by atoms with van der Waals surface area (Å²) in [6.07, 6.45) is 1.58. The fraction of sp³-hybridized carbons (Fsp3) is 0. The summed E-state index contributed by atoms with van der Waals surface area (Å²) in [4.78, 5) is 27.2. The minimum atomic E-state index is -0.555. The molecule has 0 fully saturated rings. The van der Waals surface area contributed by atoms with Crippen molar-refractivity contribution in [3.05, 3.63) is 57.4 Å². The van der Waals surface area contributed by atoms with Crippen LogP contribution in [0.25, 0.3) is 16.7 Å². The third kappa shape index (κ3) is 1.55. The van der Waals surface area contributed by atoms with E-state index in [4.69, 9.17) is 0 Å². The van der Waals surface area contributed by atoms with Crippen molar-refractivity contribution in [3.63, 3.8) is 0 Å². The Kier molecular flexibility index (Phi) is 1.94. The SMILES string of the molecule is O=c1[nH]c(=O)c2cn(-c3ccccc3)nc2[nH]1. The lowest BCUT2D eigenvalue weighted by Crippen LogP contribution is -2.21.